The Morgan fingerprint density at radius 3 is 2.75 bits per heavy atom. The Morgan fingerprint density at radius 2 is 2.10 bits per heavy atom. The number of hydrogen-bond donors (Lipinski definition) is 2. The molecule has 1 heterocycles. The van der Waals surface area contributed by atoms with Crippen molar-refractivity contribution in [1.82, 2.24) is 0 Å². The van der Waals surface area contributed by atoms with E-state index in [4.69, 9.17) is 0 Å². The van der Waals surface area contributed by atoms with E-state index in [9.17, 15) is 23.1 Å². The van der Waals surface area contributed by atoms with Crippen LogP contribution in [0.15, 0.2) is 30.4 Å². The number of halogens is 3. The topological polar surface area (TPSA) is 49.3 Å². The van der Waals surface area contributed by atoms with E-state index in [1.54, 1.807) is 0 Å². The number of carbonyl (C=O) groups is 1. The number of carboxylic acid groups (broad SMARTS) is 1. The number of aliphatic carboxylic acids is 1. The summed E-state index contributed by atoms with van der Waals surface area (Å²) in [7, 11) is 0. The van der Waals surface area contributed by atoms with Crippen LogP contribution < -0.4 is 5.32 Å². The first-order chi connectivity index (χ1) is 9.38. The van der Waals surface area contributed by atoms with Gasteiger partial charge in [0.25, 0.3) is 0 Å². The predicted molar refractivity (Wildman–Crippen MR) is 66.5 cm³/mol. The number of hydrogen-bond acceptors (Lipinski definition) is 2. The average molecular weight is 283 g/mol. The molecule has 3 atom stereocenters. The summed E-state index contributed by atoms with van der Waals surface area (Å²) < 4.78 is 38.2. The minimum atomic E-state index is -4.43. The van der Waals surface area contributed by atoms with Crippen molar-refractivity contribution in [1.29, 1.82) is 0 Å². The van der Waals surface area contributed by atoms with E-state index in [1.165, 1.54) is 6.07 Å². The molecule has 0 aromatic heterocycles. The molecule has 1 aromatic carbocycles. The van der Waals surface area contributed by atoms with Gasteiger partial charge in [0.05, 0.1) is 5.56 Å². The Hall–Kier alpha value is -1.98. The summed E-state index contributed by atoms with van der Waals surface area (Å²) in [4.78, 5) is 11.3. The molecule has 0 amide bonds. The maximum absolute atomic E-state index is 12.7. The fourth-order valence-electron chi connectivity index (χ4n) is 3.02. The van der Waals surface area contributed by atoms with Crippen LogP contribution in [0.1, 0.15) is 23.5 Å². The highest BCUT2D eigenvalue weighted by Crippen LogP contribution is 2.46. The molecule has 20 heavy (non-hydrogen) atoms. The quantitative estimate of drug-likeness (QED) is 0.778. The van der Waals surface area contributed by atoms with E-state index >= 15 is 0 Å². The number of carboxylic acids is 1. The van der Waals surface area contributed by atoms with Crippen LogP contribution in [0.4, 0.5) is 18.9 Å². The summed E-state index contributed by atoms with van der Waals surface area (Å²) in [5.41, 5.74) is 0.225. The van der Waals surface area contributed by atoms with Crippen LogP contribution in [-0.2, 0) is 11.0 Å². The first-order valence-electron chi connectivity index (χ1n) is 6.25. The minimum Gasteiger partial charge on any atom is -0.480 e. The first-order valence-corrected chi connectivity index (χ1v) is 6.25. The third kappa shape index (κ3) is 1.95. The van der Waals surface area contributed by atoms with Crippen LogP contribution >= 0.6 is 0 Å². The molecule has 2 aliphatic rings. The normalized spacial score (nSPS) is 27.6. The van der Waals surface area contributed by atoms with Gasteiger partial charge in [0, 0.05) is 17.5 Å². The van der Waals surface area contributed by atoms with Gasteiger partial charge in [-0.15, -0.1) is 0 Å². The van der Waals surface area contributed by atoms with Gasteiger partial charge in [-0.3, -0.25) is 0 Å². The summed E-state index contributed by atoms with van der Waals surface area (Å²) in [6.07, 6.45) is -0.0415. The number of allylic oxidation sites excluding steroid dienone is 2. The Kier molecular flexibility index (Phi) is 2.77. The highest BCUT2D eigenvalue weighted by molar-refractivity contribution is 5.80. The average Bonchev–Trinajstić information content (AvgIpc) is 2.84. The fraction of sp³-hybridized carbons (Fsp3) is 0.357. The van der Waals surface area contributed by atoms with E-state index in [1.807, 2.05) is 12.2 Å². The van der Waals surface area contributed by atoms with Gasteiger partial charge in [0.2, 0.25) is 0 Å². The van der Waals surface area contributed by atoms with E-state index in [2.05, 4.69) is 5.32 Å². The van der Waals surface area contributed by atoms with Gasteiger partial charge in [-0.1, -0.05) is 18.2 Å². The molecule has 0 saturated carbocycles. The molecule has 0 saturated heterocycles. The highest BCUT2D eigenvalue weighted by atomic mass is 19.4. The number of fused-ring (bicyclic) bond motifs is 3. The lowest BCUT2D eigenvalue weighted by atomic mass is 9.79. The van der Waals surface area contributed by atoms with Gasteiger partial charge in [-0.05, 0) is 24.1 Å². The predicted octanol–water partition coefficient (Wildman–Crippen LogP) is 3.24. The second-order valence-electron chi connectivity index (χ2n) is 5.11. The van der Waals surface area contributed by atoms with Crippen molar-refractivity contribution in [3.05, 3.63) is 41.5 Å². The number of nitrogens with one attached hydrogen (secondary N) is 1. The van der Waals surface area contributed by atoms with Crippen LogP contribution in [0.5, 0.6) is 0 Å². The molecule has 106 valence electrons. The molecule has 0 fully saturated rings. The molecule has 3 rings (SSSR count). The third-order valence-electron chi connectivity index (χ3n) is 3.96. The van der Waals surface area contributed by atoms with Crippen molar-refractivity contribution in [2.24, 2.45) is 5.92 Å². The van der Waals surface area contributed by atoms with E-state index in [-0.39, 0.29) is 17.5 Å². The summed E-state index contributed by atoms with van der Waals surface area (Å²) >= 11 is 0. The zero-order chi connectivity index (χ0) is 14.5. The summed E-state index contributed by atoms with van der Waals surface area (Å²) in [6.45, 7) is 0. The van der Waals surface area contributed by atoms with Gasteiger partial charge in [0.15, 0.2) is 0 Å². The van der Waals surface area contributed by atoms with Crippen LogP contribution in [0, 0.1) is 5.92 Å². The molecule has 0 radical (unpaired) electrons. The van der Waals surface area contributed by atoms with Crippen molar-refractivity contribution >= 4 is 11.7 Å². The largest absolute Gasteiger partial charge is 0.480 e. The SMILES string of the molecule is O=C(O)C1Nc2cc(C(F)(F)F)ccc2C2C=CCC12. The highest BCUT2D eigenvalue weighted by Gasteiger charge is 2.41. The molecule has 2 N–H and O–H groups in total. The Labute approximate surface area is 113 Å². The molecule has 0 bridgehead atoms. The zero-order valence-corrected chi connectivity index (χ0v) is 10.3. The van der Waals surface area contributed by atoms with Gasteiger partial charge < -0.3 is 10.4 Å². The molecular formula is C14H12F3NO2. The molecule has 1 aliphatic carbocycles. The summed E-state index contributed by atoms with van der Waals surface area (Å²) in [5.74, 6) is -1.31. The van der Waals surface area contributed by atoms with E-state index < -0.39 is 23.8 Å². The Balaban J connectivity index is 2.06. The van der Waals surface area contributed by atoms with Crippen molar-refractivity contribution in [2.45, 2.75) is 24.6 Å². The van der Waals surface area contributed by atoms with Crippen LogP contribution in [0.3, 0.4) is 0 Å². The zero-order valence-electron chi connectivity index (χ0n) is 10.3. The minimum absolute atomic E-state index is 0.130. The van der Waals surface area contributed by atoms with E-state index in [0.717, 1.165) is 17.7 Å². The number of alkyl halides is 3. The Bertz CT molecular complexity index is 595. The van der Waals surface area contributed by atoms with Crippen molar-refractivity contribution in [3.63, 3.8) is 0 Å². The summed E-state index contributed by atoms with van der Waals surface area (Å²) in [6, 6.07) is 2.63. The molecule has 3 nitrogen and oxygen atoms in total. The van der Waals surface area contributed by atoms with Gasteiger partial charge in [-0.2, -0.15) is 13.2 Å². The first kappa shape index (κ1) is 13.0. The second-order valence-corrected chi connectivity index (χ2v) is 5.11. The maximum atomic E-state index is 12.7. The number of anilines is 1. The van der Waals surface area contributed by atoms with Crippen molar-refractivity contribution in [3.8, 4) is 0 Å². The summed E-state index contributed by atoms with van der Waals surface area (Å²) in [5, 5.41) is 12.0. The molecule has 3 unspecified atom stereocenters. The smallest absolute Gasteiger partial charge is 0.416 e. The van der Waals surface area contributed by atoms with Crippen LogP contribution in [0.25, 0.3) is 0 Å². The van der Waals surface area contributed by atoms with Crippen molar-refractivity contribution in [2.75, 3.05) is 5.32 Å². The van der Waals surface area contributed by atoms with Gasteiger partial charge in [-0.25, -0.2) is 4.79 Å². The molecular weight excluding hydrogens is 271 g/mol. The lowest BCUT2D eigenvalue weighted by molar-refractivity contribution is -0.139. The maximum Gasteiger partial charge on any atom is 0.416 e. The third-order valence-corrected chi connectivity index (χ3v) is 3.96. The monoisotopic (exact) mass is 283 g/mol. The molecule has 1 aliphatic heterocycles. The Morgan fingerprint density at radius 1 is 1.35 bits per heavy atom. The van der Waals surface area contributed by atoms with Crippen LogP contribution in [0.2, 0.25) is 0 Å². The molecule has 1 aromatic rings. The number of benzene rings is 1. The molecule has 0 spiro atoms. The van der Waals surface area contributed by atoms with E-state index in [0.29, 0.717) is 6.42 Å². The van der Waals surface area contributed by atoms with Crippen LogP contribution in [-0.4, -0.2) is 17.1 Å². The van der Waals surface area contributed by atoms with Gasteiger partial charge in [0.1, 0.15) is 6.04 Å². The number of rotatable bonds is 1. The molecule has 6 heteroatoms. The van der Waals surface area contributed by atoms with Gasteiger partial charge >= 0.3 is 12.1 Å². The second kappa shape index (κ2) is 4.26. The lowest BCUT2D eigenvalue weighted by Crippen LogP contribution is -2.41. The van der Waals surface area contributed by atoms with Crippen molar-refractivity contribution < 1.29 is 23.1 Å². The standard InChI is InChI=1S/C14H12F3NO2/c15-14(16,17)7-4-5-9-8-2-1-3-10(8)12(13(19)20)18-11(9)6-7/h1-2,4-6,8,10,12,18H,3H2,(H,19,20). The fourth-order valence-corrected chi connectivity index (χ4v) is 3.02. The lowest BCUT2D eigenvalue weighted by Gasteiger charge is -2.35.